The molecule has 0 amide bonds. The second-order valence-corrected chi connectivity index (χ2v) is 3.99. The standard InChI is InChI=1S/C13H18O3/c1-9(2)16-8-12(14)11-6-5-10(3)7-13(11)15-4/h5-7,9H,8H2,1-4H3. The third kappa shape index (κ3) is 3.35. The van der Waals surface area contributed by atoms with E-state index in [2.05, 4.69) is 0 Å². The highest BCUT2D eigenvalue weighted by atomic mass is 16.5. The molecule has 3 nitrogen and oxygen atoms in total. The van der Waals surface area contributed by atoms with Crippen molar-refractivity contribution in [3.63, 3.8) is 0 Å². The number of ketones is 1. The molecule has 0 radical (unpaired) electrons. The summed E-state index contributed by atoms with van der Waals surface area (Å²) in [4.78, 5) is 11.8. The Morgan fingerprint density at radius 1 is 1.38 bits per heavy atom. The van der Waals surface area contributed by atoms with Crippen LogP contribution in [0.25, 0.3) is 0 Å². The van der Waals surface area contributed by atoms with Crippen LogP contribution in [0.1, 0.15) is 29.8 Å². The van der Waals surface area contributed by atoms with Crippen LogP contribution in [0, 0.1) is 6.92 Å². The van der Waals surface area contributed by atoms with E-state index in [1.54, 1.807) is 13.2 Å². The van der Waals surface area contributed by atoms with Gasteiger partial charge in [-0.05, 0) is 38.5 Å². The number of benzene rings is 1. The quantitative estimate of drug-likeness (QED) is 0.718. The minimum atomic E-state index is -0.0504. The Bertz CT molecular complexity index is 369. The Hall–Kier alpha value is -1.35. The summed E-state index contributed by atoms with van der Waals surface area (Å²) in [6.45, 7) is 5.86. The van der Waals surface area contributed by atoms with Crippen LogP contribution in [0.5, 0.6) is 5.75 Å². The van der Waals surface area contributed by atoms with E-state index < -0.39 is 0 Å². The monoisotopic (exact) mass is 222 g/mol. The van der Waals surface area contributed by atoms with Crippen LogP contribution in [-0.2, 0) is 4.74 Å². The third-order valence-corrected chi connectivity index (χ3v) is 2.21. The molecule has 0 saturated heterocycles. The molecule has 1 rings (SSSR count). The van der Waals surface area contributed by atoms with Gasteiger partial charge in [-0.25, -0.2) is 0 Å². The van der Waals surface area contributed by atoms with E-state index in [9.17, 15) is 4.79 Å². The smallest absolute Gasteiger partial charge is 0.192 e. The number of rotatable bonds is 5. The van der Waals surface area contributed by atoms with Crippen LogP contribution < -0.4 is 4.74 Å². The number of carbonyl (C=O) groups excluding carboxylic acids is 1. The summed E-state index contributed by atoms with van der Waals surface area (Å²) >= 11 is 0. The molecule has 0 aliphatic rings. The van der Waals surface area contributed by atoms with Gasteiger partial charge >= 0.3 is 0 Å². The Balaban J connectivity index is 2.82. The first-order valence-electron chi connectivity index (χ1n) is 5.34. The number of hydrogen-bond acceptors (Lipinski definition) is 3. The van der Waals surface area contributed by atoms with Crippen molar-refractivity contribution in [1.29, 1.82) is 0 Å². The van der Waals surface area contributed by atoms with Crippen molar-refractivity contribution in [1.82, 2.24) is 0 Å². The fourth-order valence-corrected chi connectivity index (χ4v) is 1.35. The lowest BCUT2D eigenvalue weighted by molar-refractivity contribution is 0.0582. The van der Waals surface area contributed by atoms with Gasteiger partial charge in [0, 0.05) is 0 Å². The van der Waals surface area contributed by atoms with E-state index >= 15 is 0 Å². The van der Waals surface area contributed by atoms with E-state index in [-0.39, 0.29) is 18.5 Å². The maximum atomic E-state index is 11.8. The van der Waals surface area contributed by atoms with Gasteiger partial charge in [0.05, 0.1) is 18.8 Å². The number of hydrogen-bond donors (Lipinski definition) is 0. The maximum absolute atomic E-state index is 11.8. The van der Waals surface area contributed by atoms with Gasteiger partial charge in [-0.3, -0.25) is 4.79 Å². The molecule has 88 valence electrons. The lowest BCUT2D eigenvalue weighted by Crippen LogP contribution is -2.14. The molecule has 0 saturated carbocycles. The van der Waals surface area contributed by atoms with Crippen molar-refractivity contribution in [3.8, 4) is 5.75 Å². The fraction of sp³-hybridized carbons (Fsp3) is 0.462. The van der Waals surface area contributed by atoms with E-state index in [1.165, 1.54) is 0 Å². The van der Waals surface area contributed by atoms with Crippen molar-refractivity contribution in [2.45, 2.75) is 26.9 Å². The molecule has 0 N–H and O–H groups in total. The van der Waals surface area contributed by atoms with Crippen molar-refractivity contribution in [3.05, 3.63) is 29.3 Å². The predicted octanol–water partition coefficient (Wildman–Crippen LogP) is 2.61. The minimum absolute atomic E-state index is 0.0504. The molecule has 0 aliphatic heterocycles. The Morgan fingerprint density at radius 2 is 2.06 bits per heavy atom. The average Bonchev–Trinajstić information content (AvgIpc) is 2.25. The summed E-state index contributed by atoms with van der Waals surface area (Å²) < 4.78 is 10.5. The summed E-state index contributed by atoms with van der Waals surface area (Å²) in [5, 5.41) is 0. The topological polar surface area (TPSA) is 35.5 Å². The van der Waals surface area contributed by atoms with Crippen LogP contribution in [0.15, 0.2) is 18.2 Å². The number of ether oxygens (including phenoxy) is 2. The minimum Gasteiger partial charge on any atom is -0.496 e. The van der Waals surface area contributed by atoms with Gasteiger partial charge in [-0.2, -0.15) is 0 Å². The van der Waals surface area contributed by atoms with Crippen LogP contribution in [0.4, 0.5) is 0 Å². The van der Waals surface area contributed by atoms with Gasteiger partial charge in [0.2, 0.25) is 0 Å². The second kappa shape index (κ2) is 5.66. The molecular formula is C13H18O3. The molecule has 0 fully saturated rings. The lowest BCUT2D eigenvalue weighted by atomic mass is 10.1. The number of methoxy groups -OCH3 is 1. The SMILES string of the molecule is COc1cc(C)ccc1C(=O)COC(C)C. The highest BCUT2D eigenvalue weighted by Gasteiger charge is 2.12. The van der Waals surface area contributed by atoms with E-state index in [0.717, 1.165) is 5.56 Å². The summed E-state index contributed by atoms with van der Waals surface area (Å²) in [5.74, 6) is 0.558. The lowest BCUT2D eigenvalue weighted by Gasteiger charge is -2.10. The van der Waals surface area contributed by atoms with Crippen molar-refractivity contribution < 1.29 is 14.3 Å². The highest BCUT2D eigenvalue weighted by molar-refractivity contribution is 5.99. The molecule has 0 aliphatic carbocycles. The van der Waals surface area contributed by atoms with E-state index in [4.69, 9.17) is 9.47 Å². The van der Waals surface area contributed by atoms with Gasteiger partial charge in [0.1, 0.15) is 12.4 Å². The fourth-order valence-electron chi connectivity index (χ4n) is 1.35. The summed E-state index contributed by atoms with van der Waals surface area (Å²) in [5.41, 5.74) is 1.65. The van der Waals surface area contributed by atoms with Crippen LogP contribution >= 0.6 is 0 Å². The molecule has 0 spiro atoms. The molecule has 0 aromatic heterocycles. The molecule has 0 heterocycles. The first-order chi connectivity index (χ1) is 7.54. The third-order valence-electron chi connectivity index (χ3n) is 2.21. The summed E-state index contributed by atoms with van der Waals surface area (Å²) in [7, 11) is 1.56. The van der Waals surface area contributed by atoms with Crippen LogP contribution in [0.2, 0.25) is 0 Å². The van der Waals surface area contributed by atoms with Crippen molar-refractivity contribution in [2.75, 3.05) is 13.7 Å². The summed E-state index contributed by atoms with van der Waals surface area (Å²) in [6, 6.07) is 5.52. The molecule has 0 atom stereocenters. The zero-order valence-corrected chi connectivity index (χ0v) is 10.2. The Morgan fingerprint density at radius 3 is 2.62 bits per heavy atom. The van der Waals surface area contributed by atoms with Crippen LogP contribution in [0.3, 0.4) is 0 Å². The normalized spacial score (nSPS) is 10.6. The zero-order valence-electron chi connectivity index (χ0n) is 10.2. The number of carbonyl (C=O) groups is 1. The first kappa shape index (κ1) is 12.7. The van der Waals surface area contributed by atoms with Crippen LogP contribution in [-0.4, -0.2) is 25.6 Å². The second-order valence-electron chi connectivity index (χ2n) is 3.99. The number of Topliss-reactive ketones (excluding diaryl/α,β-unsaturated/α-hetero) is 1. The van der Waals surface area contributed by atoms with Gasteiger partial charge in [0.15, 0.2) is 5.78 Å². The molecule has 1 aromatic rings. The molecule has 0 unspecified atom stereocenters. The van der Waals surface area contributed by atoms with Crippen molar-refractivity contribution >= 4 is 5.78 Å². The molecule has 0 bridgehead atoms. The average molecular weight is 222 g/mol. The predicted molar refractivity (Wildman–Crippen MR) is 63.1 cm³/mol. The molecule has 1 aromatic carbocycles. The molecular weight excluding hydrogens is 204 g/mol. The first-order valence-corrected chi connectivity index (χ1v) is 5.34. The van der Waals surface area contributed by atoms with Gasteiger partial charge < -0.3 is 9.47 Å². The van der Waals surface area contributed by atoms with Gasteiger partial charge in [0.25, 0.3) is 0 Å². The molecule has 16 heavy (non-hydrogen) atoms. The Kier molecular flexibility index (Phi) is 4.50. The highest BCUT2D eigenvalue weighted by Crippen LogP contribution is 2.20. The number of aryl methyl sites for hydroxylation is 1. The zero-order chi connectivity index (χ0) is 12.1. The van der Waals surface area contributed by atoms with E-state index in [1.807, 2.05) is 32.9 Å². The Labute approximate surface area is 96.4 Å². The van der Waals surface area contributed by atoms with Crippen molar-refractivity contribution in [2.24, 2.45) is 0 Å². The summed E-state index contributed by atoms with van der Waals surface area (Å²) in [6.07, 6.45) is 0.0559. The van der Waals surface area contributed by atoms with Gasteiger partial charge in [-0.1, -0.05) is 6.07 Å². The molecule has 3 heteroatoms. The largest absolute Gasteiger partial charge is 0.496 e. The van der Waals surface area contributed by atoms with E-state index in [0.29, 0.717) is 11.3 Å². The maximum Gasteiger partial charge on any atom is 0.192 e. The van der Waals surface area contributed by atoms with Gasteiger partial charge in [-0.15, -0.1) is 0 Å².